The minimum atomic E-state index is -3.56. The maximum absolute atomic E-state index is 11.3. The van der Waals surface area contributed by atoms with Crippen molar-refractivity contribution >= 4 is 38.0 Å². The first-order chi connectivity index (χ1) is 20.6. The van der Waals surface area contributed by atoms with Gasteiger partial charge in [-0.05, 0) is 0 Å². The lowest BCUT2D eigenvalue weighted by molar-refractivity contribution is 0.0587. The highest BCUT2D eigenvalue weighted by Gasteiger charge is 2.22. The minimum absolute atomic E-state index is 0.0347. The molecule has 0 aromatic carbocycles. The van der Waals surface area contributed by atoms with Crippen molar-refractivity contribution in [1.82, 2.24) is 28.6 Å². The molecule has 3 aromatic heterocycles. The van der Waals surface area contributed by atoms with Crippen molar-refractivity contribution in [2.24, 2.45) is 0 Å². The number of methoxy groups -OCH3 is 6. The Hall–Kier alpha value is -4.18. The number of nitrogens with zero attached hydrogens (tertiary/aromatic N) is 5. The Balaban J connectivity index is 0.000000334. The normalized spacial score (nSPS) is 11.0. The Morgan fingerprint density at radius 2 is 1.25 bits per heavy atom. The number of aromatic nitrogens is 6. The van der Waals surface area contributed by atoms with Crippen molar-refractivity contribution in [3.63, 3.8) is 0 Å². The van der Waals surface area contributed by atoms with Crippen LogP contribution in [0.2, 0.25) is 0 Å². The van der Waals surface area contributed by atoms with Crippen molar-refractivity contribution in [2.75, 3.05) is 55.2 Å². The van der Waals surface area contributed by atoms with Gasteiger partial charge in [0.15, 0.2) is 0 Å². The zero-order valence-electron chi connectivity index (χ0n) is 25.2. The quantitative estimate of drug-likeness (QED) is 0.202. The van der Waals surface area contributed by atoms with Gasteiger partial charge in [0.05, 0.1) is 83.6 Å². The molecule has 3 rings (SSSR count). The van der Waals surface area contributed by atoms with E-state index in [2.05, 4.69) is 34.6 Å². The summed E-state index contributed by atoms with van der Waals surface area (Å²) in [6, 6.07) is 0. The van der Waals surface area contributed by atoms with Gasteiger partial charge in [-0.15, -0.1) is 0 Å². The lowest BCUT2D eigenvalue weighted by atomic mass is 10.2. The van der Waals surface area contributed by atoms with Gasteiger partial charge in [-0.25, -0.2) is 31.2 Å². The van der Waals surface area contributed by atoms with Gasteiger partial charge in [-0.3, -0.25) is 5.10 Å². The molecule has 3 aromatic rings. The third-order valence-corrected chi connectivity index (χ3v) is 6.85. The predicted octanol–water partition coefficient (Wildman–Crippen LogP) is -0.410. The Morgan fingerprint density at radius 3 is 1.73 bits per heavy atom. The molecule has 0 atom stereocenters. The van der Waals surface area contributed by atoms with Crippen molar-refractivity contribution in [3.05, 3.63) is 52.4 Å². The molecule has 44 heavy (non-hydrogen) atoms. The molecule has 246 valence electrons. The zero-order chi connectivity index (χ0) is 33.7. The summed E-state index contributed by atoms with van der Waals surface area (Å²) >= 11 is 0. The molecule has 3 heterocycles. The lowest BCUT2D eigenvalue weighted by Gasteiger charge is -2.05. The number of aromatic amines is 1. The number of nitrogens with one attached hydrogen (secondary N) is 1. The van der Waals surface area contributed by atoms with E-state index in [9.17, 15) is 31.2 Å². The molecule has 0 bridgehead atoms. The molecular formula is C23H34N6O13S2. The van der Waals surface area contributed by atoms with Gasteiger partial charge in [0.1, 0.15) is 22.4 Å². The Kier molecular flexibility index (Phi) is 14.8. The second kappa shape index (κ2) is 17.2. The van der Waals surface area contributed by atoms with Crippen molar-refractivity contribution in [3.8, 4) is 0 Å². The molecule has 0 aliphatic rings. The van der Waals surface area contributed by atoms with Crippen molar-refractivity contribution < 1.29 is 59.6 Å². The van der Waals surface area contributed by atoms with Gasteiger partial charge in [0.25, 0.3) is 20.0 Å². The fourth-order valence-corrected chi connectivity index (χ4v) is 4.44. The summed E-state index contributed by atoms with van der Waals surface area (Å²) in [6.45, 7) is 0.314. The monoisotopic (exact) mass is 666 g/mol. The zero-order valence-corrected chi connectivity index (χ0v) is 26.8. The van der Waals surface area contributed by atoms with Crippen LogP contribution >= 0.6 is 0 Å². The van der Waals surface area contributed by atoms with E-state index < -0.39 is 38.0 Å². The van der Waals surface area contributed by atoms with Crippen LogP contribution in [-0.4, -0.2) is 118 Å². The number of carbonyl (C=O) groups excluding carboxylic acids is 3. The Bertz CT molecular complexity index is 1610. The summed E-state index contributed by atoms with van der Waals surface area (Å²) in [7, 11) is 1.00. The average molecular weight is 667 g/mol. The van der Waals surface area contributed by atoms with Crippen LogP contribution < -0.4 is 0 Å². The maximum atomic E-state index is 11.3. The third kappa shape index (κ3) is 10.5. The van der Waals surface area contributed by atoms with E-state index in [1.54, 1.807) is 7.11 Å². The third-order valence-electron chi connectivity index (χ3n) is 5.04. The number of carbonyl (C=O) groups is 3. The molecule has 0 radical (unpaired) electrons. The largest absolute Gasteiger partial charge is 0.465 e. The fourth-order valence-electron chi connectivity index (χ4n) is 3.13. The van der Waals surface area contributed by atoms with Gasteiger partial charge >= 0.3 is 17.9 Å². The van der Waals surface area contributed by atoms with Gasteiger partial charge in [-0.2, -0.15) is 23.5 Å². The Labute approximate surface area is 253 Å². The molecule has 0 spiro atoms. The molecular weight excluding hydrogens is 632 g/mol. The first-order valence-electron chi connectivity index (χ1n) is 11.9. The van der Waals surface area contributed by atoms with E-state index in [1.165, 1.54) is 41.7 Å². The van der Waals surface area contributed by atoms with Crippen molar-refractivity contribution in [1.29, 1.82) is 0 Å². The van der Waals surface area contributed by atoms with Gasteiger partial charge in [0.2, 0.25) is 0 Å². The first kappa shape index (κ1) is 37.8. The summed E-state index contributed by atoms with van der Waals surface area (Å²) in [5.74, 6) is -1.71. The second-order valence-electron chi connectivity index (χ2n) is 8.27. The summed E-state index contributed by atoms with van der Waals surface area (Å²) in [5, 5.41) is 13.7. The average Bonchev–Trinajstić information content (AvgIpc) is 3.72. The smallest absolute Gasteiger partial charge is 0.341 e. The summed E-state index contributed by atoms with van der Waals surface area (Å²) in [6.07, 6.45) is 5.63. The van der Waals surface area contributed by atoms with Crippen LogP contribution in [0.4, 0.5) is 0 Å². The number of hydrogen-bond donors (Lipinski definition) is 1. The highest BCUT2D eigenvalue weighted by Crippen LogP contribution is 2.13. The SMILES string of the molecule is COCc1[nH]ncc1C(=O)OC.COCc1c(C(=O)OC)cnn1S(C)(=O)=O.COCc1nn(S(C)(=O)=O)cc1C(=O)OC. The fraction of sp³-hybridized carbons (Fsp3) is 0.478. The number of ether oxygens (including phenoxy) is 6. The summed E-state index contributed by atoms with van der Waals surface area (Å²) in [5.41, 5.74) is 1.57. The molecule has 0 saturated heterocycles. The van der Waals surface area contributed by atoms with Crippen LogP contribution in [0.1, 0.15) is 48.2 Å². The molecule has 0 amide bonds. The molecule has 19 nitrogen and oxygen atoms in total. The van der Waals surface area contributed by atoms with Crippen LogP contribution in [0.3, 0.4) is 0 Å². The van der Waals surface area contributed by atoms with Crippen LogP contribution in [0.5, 0.6) is 0 Å². The van der Waals surface area contributed by atoms with Crippen LogP contribution in [-0.2, 0) is 68.3 Å². The van der Waals surface area contributed by atoms with E-state index in [4.69, 9.17) is 14.2 Å². The number of hydrogen-bond acceptors (Lipinski definition) is 16. The maximum Gasteiger partial charge on any atom is 0.341 e. The molecule has 21 heteroatoms. The molecule has 0 aliphatic carbocycles. The minimum Gasteiger partial charge on any atom is -0.465 e. The van der Waals surface area contributed by atoms with Gasteiger partial charge in [0, 0.05) is 21.3 Å². The lowest BCUT2D eigenvalue weighted by Crippen LogP contribution is -2.17. The molecule has 0 aliphatic heterocycles. The topological polar surface area (TPSA) is 239 Å². The number of H-pyrrole nitrogens is 1. The van der Waals surface area contributed by atoms with E-state index >= 15 is 0 Å². The van der Waals surface area contributed by atoms with E-state index in [-0.39, 0.29) is 35.7 Å². The standard InChI is InChI=1S/2C8H12N2O5S.C7H10N2O3/c1-14-5-7-6(8(11)15-2)4-10(9-7)16(3,12)13;1-14-5-7-6(8(11)15-2)4-9-10(7)16(3,12)13;1-11-4-6-5(3-8-9-6)7(10)12-2/h2*4H,5H2,1-3H3;3H,4H2,1-2H3,(H,8,9). The molecule has 1 N–H and O–H groups in total. The van der Waals surface area contributed by atoms with Gasteiger partial charge in [-0.1, -0.05) is 0 Å². The summed E-state index contributed by atoms with van der Waals surface area (Å²) in [4.78, 5) is 33.7. The van der Waals surface area contributed by atoms with Crippen LogP contribution in [0, 0.1) is 0 Å². The van der Waals surface area contributed by atoms with E-state index in [0.29, 0.717) is 22.0 Å². The van der Waals surface area contributed by atoms with Crippen molar-refractivity contribution in [2.45, 2.75) is 19.8 Å². The van der Waals surface area contributed by atoms with E-state index in [1.807, 2.05) is 0 Å². The second-order valence-corrected chi connectivity index (χ2v) is 11.9. The van der Waals surface area contributed by atoms with Crippen LogP contribution in [0.25, 0.3) is 0 Å². The predicted molar refractivity (Wildman–Crippen MR) is 150 cm³/mol. The molecule has 0 fully saturated rings. The number of esters is 3. The highest BCUT2D eigenvalue weighted by atomic mass is 32.2. The van der Waals surface area contributed by atoms with Gasteiger partial charge < -0.3 is 28.4 Å². The van der Waals surface area contributed by atoms with Crippen LogP contribution in [0.15, 0.2) is 18.6 Å². The van der Waals surface area contributed by atoms with E-state index in [0.717, 1.165) is 29.0 Å². The molecule has 0 saturated carbocycles. The molecule has 0 unspecified atom stereocenters. The summed E-state index contributed by atoms with van der Waals surface area (Å²) < 4.78 is 74.6. The Morgan fingerprint density at radius 1 is 0.727 bits per heavy atom. The highest BCUT2D eigenvalue weighted by molar-refractivity contribution is 7.89. The number of rotatable bonds is 11. The first-order valence-corrected chi connectivity index (χ1v) is 15.6.